The maximum atomic E-state index is 12.8. The molecule has 1 saturated heterocycles. The largest absolute Gasteiger partial charge is 0.403 e. The summed E-state index contributed by atoms with van der Waals surface area (Å²) >= 11 is 1.66. The second kappa shape index (κ2) is 9.91. The smallest absolute Gasteiger partial charge is 0.350 e. The number of thiazole rings is 1. The van der Waals surface area contributed by atoms with Crippen LogP contribution in [0, 0.1) is 0 Å². The quantitative estimate of drug-likeness (QED) is 0.400. The summed E-state index contributed by atoms with van der Waals surface area (Å²) in [5, 5.41) is 4.23. The van der Waals surface area contributed by atoms with Crippen LogP contribution in [-0.4, -0.2) is 66.2 Å². The molecule has 0 saturated carbocycles. The minimum absolute atomic E-state index is 0. The second-order valence-corrected chi connectivity index (χ2v) is 6.91. The summed E-state index contributed by atoms with van der Waals surface area (Å²) in [5.41, 5.74) is 0. The minimum atomic E-state index is -4.18. The van der Waals surface area contributed by atoms with Crippen LogP contribution in [0.4, 0.5) is 13.2 Å². The summed E-state index contributed by atoms with van der Waals surface area (Å²) in [6.07, 6.45) is -1.34. The molecule has 0 aromatic carbocycles. The van der Waals surface area contributed by atoms with Gasteiger partial charge in [0.15, 0.2) is 5.96 Å². The van der Waals surface area contributed by atoms with Crippen molar-refractivity contribution in [3.05, 3.63) is 16.1 Å². The topological polar surface area (TPSA) is 43.8 Å². The first-order valence-corrected chi connectivity index (χ1v) is 8.86. The maximum Gasteiger partial charge on any atom is 0.403 e. The molecule has 1 aromatic rings. The van der Waals surface area contributed by atoms with Crippen LogP contribution < -0.4 is 5.32 Å². The fraction of sp³-hybridized carbons (Fsp3) is 0.733. The van der Waals surface area contributed by atoms with Crippen LogP contribution in [0.3, 0.4) is 0 Å². The van der Waals surface area contributed by atoms with Crippen LogP contribution in [0.2, 0.25) is 0 Å². The van der Waals surface area contributed by atoms with Crippen molar-refractivity contribution in [2.24, 2.45) is 4.99 Å². The number of hydrogen-bond donors (Lipinski definition) is 1. The molecule has 0 radical (unpaired) electrons. The molecule has 1 atom stereocenters. The van der Waals surface area contributed by atoms with E-state index < -0.39 is 12.2 Å². The Hall–Kier alpha value is -0.620. The lowest BCUT2D eigenvalue weighted by Gasteiger charge is -2.39. The molecule has 144 valence electrons. The van der Waals surface area contributed by atoms with Gasteiger partial charge in [0.25, 0.3) is 0 Å². The summed E-state index contributed by atoms with van der Waals surface area (Å²) in [6.45, 7) is 5.69. The van der Waals surface area contributed by atoms with Crippen molar-refractivity contribution < 1.29 is 13.2 Å². The molecular formula is C15H25F3IN5S. The number of alkyl halides is 3. The zero-order valence-corrected chi connectivity index (χ0v) is 17.8. The molecule has 1 N–H and O–H groups in total. The van der Waals surface area contributed by atoms with Gasteiger partial charge in [-0.2, -0.15) is 13.2 Å². The SMILES string of the molecule is CCc1cnc(CNC(=NC)N2CCN(C(C)C(F)(F)F)CC2)s1.I. The van der Waals surface area contributed by atoms with Crippen molar-refractivity contribution in [1.82, 2.24) is 20.1 Å². The van der Waals surface area contributed by atoms with E-state index in [0.29, 0.717) is 38.7 Å². The highest BCUT2D eigenvalue weighted by Gasteiger charge is 2.41. The van der Waals surface area contributed by atoms with Crippen LogP contribution in [0.25, 0.3) is 0 Å². The Labute approximate surface area is 167 Å². The van der Waals surface area contributed by atoms with E-state index >= 15 is 0 Å². The van der Waals surface area contributed by atoms with Crippen molar-refractivity contribution in [3.63, 3.8) is 0 Å². The third kappa shape index (κ3) is 6.24. The van der Waals surface area contributed by atoms with Crippen molar-refractivity contribution in [2.45, 2.75) is 39.0 Å². The molecule has 1 unspecified atom stereocenters. The highest BCUT2D eigenvalue weighted by Crippen LogP contribution is 2.25. The van der Waals surface area contributed by atoms with E-state index in [1.807, 2.05) is 11.1 Å². The van der Waals surface area contributed by atoms with E-state index in [2.05, 4.69) is 22.2 Å². The van der Waals surface area contributed by atoms with Crippen molar-refractivity contribution in [1.29, 1.82) is 0 Å². The first-order chi connectivity index (χ1) is 11.3. The van der Waals surface area contributed by atoms with Gasteiger partial charge in [-0.1, -0.05) is 6.92 Å². The lowest BCUT2D eigenvalue weighted by molar-refractivity contribution is -0.181. The first-order valence-electron chi connectivity index (χ1n) is 8.05. The molecule has 0 amide bonds. The third-order valence-electron chi connectivity index (χ3n) is 4.19. The Morgan fingerprint density at radius 3 is 2.48 bits per heavy atom. The maximum absolute atomic E-state index is 12.8. The molecule has 2 rings (SSSR count). The van der Waals surface area contributed by atoms with Crippen LogP contribution in [0.15, 0.2) is 11.2 Å². The van der Waals surface area contributed by atoms with Gasteiger partial charge in [-0.15, -0.1) is 35.3 Å². The normalized spacial score (nSPS) is 18.0. The number of aryl methyl sites for hydroxylation is 1. The number of hydrogen-bond acceptors (Lipinski definition) is 4. The molecule has 1 fully saturated rings. The Bertz CT molecular complexity index is 556. The van der Waals surface area contributed by atoms with E-state index in [1.54, 1.807) is 18.4 Å². The van der Waals surface area contributed by atoms with Gasteiger partial charge in [-0.25, -0.2) is 4.98 Å². The lowest BCUT2D eigenvalue weighted by atomic mass is 10.2. The number of nitrogens with one attached hydrogen (secondary N) is 1. The van der Waals surface area contributed by atoms with Gasteiger partial charge in [0, 0.05) is 44.3 Å². The van der Waals surface area contributed by atoms with Crippen molar-refractivity contribution >= 4 is 41.3 Å². The zero-order valence-electron chi connectivity index (χ0n) is 14.6. The van der Waals surface area contributed by atoms with Gasteiger partial charge in [0.05, 0.1) is 6.54 Å². The lowest BCUT2D eigenvalue weighted by Crippen LogP contribution is -2.56. The molecule has 5 nitrogen and oxygen atoms in total. The first kappa shape index (κ1) is 22.4. The van der Waals surface area contributed by atoms with Gasteiger partial charge in [-0.05, 0) is 13.3 Å². The van der Waals surface area contributed by atoms with Gasteiger partial charge in [0.2, 0.25) is 0 Å². The fourth-order valence-corrected chi connectivity index (χ4v) is 3.41. The number of aliphatic imine (C=N–C) groups is 1. The number of aromatic nitrogens is 1. The number of guanidine groups is 1. The van der Waals surface area contributed by atoms with Gasteiger partial charge in [-0.3, -0.25) is 9.89 Å². The Kier molecular flexibility index (Phi) is 8.89. The summed E-state index contributed by atoms with van der Waals surface area (Å²) < 4.78 is 38.4. The van der Waals surface area contributed by atoms with Crippen LogP contribution in [-0.2, 0) is 13.0 Å². The highest BCUT2D eigenvalue weighted by molar-refractivity contribution is 14.0. The standard InChI is InChI=1S/C15H24F3N5S.HI/c1-4-12-9-20-13(24-12)10-21-14(19-3)23-7-5-22(6-8-23)11(2)15(16,17)18;/h9,11H,4-8,10H2,1-3H3,(H,19,21);1H. The monoisotopic (exact) mass is 491 g/mol. The molecule has 1 aliphatic rings. The van der Waals surface area contributed by atoms with Crippen LogP contribution in [0.5, 0.6) is 0 Å². The fourth-order valence-electron chi connectivity index (χ4n) is 2.61. The molecule has 0 spiro atoms. The number of halogens is 4. The summed E-state index contributed by atoms with van der Waals surface area (Å²) in [5.74, 6) is 0.711. The number of rotatable bonds is 4. The average molecular weight is 491 g/mol. The summed E-state index contributed by atoms with van der Waals surface area (Å²) in [6, 6.07) is -1.41. The van der Waals surface area contributed by atoms with Crippen molar-refractivity contribution in [2.75, 3.05) is 33.2 Å². The molecule has 0 bridgehead atoms. The van der Waals surface area contributed by atoms with E-state index in [0.717, 1.165) is 11.4 Å². The molecule has 10 heteroatoms. The van der Waals surface area contributed by atoms with Crippen LogP contribution in [0.1, 0.15) is 23.7 Å². The third-order valence-corrected chi connectivity index (χ3v) is 5.34. The Morgan fingerprint density at radius 2 is 2.00 bits per heavy atom. The molecule has 2 heterocycles. The highest BCUT2D eigenvalue weighted by atomic mass is 127. The van der Waals surface area contributed by atoms with Crippen molar-refractivity contribution in [3.8, 4) is 0 Å². The predicted molar refractivity (Wildman–Crippen MR) is 106 cm³/mol. The number of piperazine rings is 1. The zero-order chi connectivity index (χ0) is 17.7. The predicted octanol–water partition coefficient (Wildman–Crippen LogP) is 2.97. The Balaban J connectivity index is 0.00000312. The average Bonchev–Trinajstić information content (AvgIpc) is 3.02. The Morgan fingerprint density at radius 1 is 1.36 bits per heavy atom. The number of nitrogens with zero attached hydrogens (tertiary/aromatic N) is 4. The summed E-state index contributed by atoms with van der Waals surface area (Å²) in [7, 11) is 1.69. The van der Waals surface area contributed by atoms with E-state index in [9.17, 15) is 13.2 Å². The van der Waals surface area contributed by atoms with E-state index in [4.69, 9.17) is 0 Å². The molecule has 0 aliphatic carbocycles. The van der Waals surface area contributed by atoms with Crippen LogP contribution >= 0.6 is 35.3 Å². The minimum Gasteiger partial charge on any atom is -0.350 e. The molecule has 25 heavy (non-hydrogen) atoms. The van der Waals surface area contributed by atoms with Gasteiger partial charge in [0.1, 0.15) is 11.0 Å². The molecule has 1 aliphatic heterocycles. The second-order valence-electron chi connectivity index (χ2n) is 5.72. The van der Waals surface area contributed by atoms with Gasteiger partial charge >= 0.3 is 6.18 Å². The van der Waals surface area contributed by atoms with Gasteiger partial charge < -0.3 is 10.2 Å². The molecular weight excluding hydrogens is 466 g/mol. The summed E-state index contributed by atoms with van der Waals surface area (Å²) in [4.78, 5) is 13.3. The van der Waals surface area contributed by atoms with E-state index in [-0.39, 0.29) is 24.0 Å². The molecule has 1 aromatic heterocycles. The van der Waals surface area contributed by atoms with E-state index in [1.165, 1.54) is 16.7 Å².